The Morgan fingerprint density at radius 3 is 2.68 bits per heavy atom. The van der Waals surface area contributed by atoms with Crippen LogP contribution < -0.4 is 5.32 Å². The second-order valence-corrected chi connectivity index (χ2v) is 8.13. The van der Waals surface area contributed by atoms with E-state index in [4.69, 9.17) is 0 Å². The third-order valence-electron chi connectivity index (χ3n) is 2.86. The minimum atomic E-state index is 0.337. The van der Waals surface area contributed by atoms with Gasteiger partial charge in [-0.1, -0.05) is 22.9 Å². The Bertz CT molecular complexity index is 556. The molecular weight excluding hydrogens is 501 g/mol. The first-order chi connectivity index (χ1) is 9.11. The Kier molecular flexibility index (Phi) is 6.33. The normalized spacial score (nSPS) is 12.6. The molecule has 0 aliphatic heterocycles. The van der Waals surface area contributed by atoms with Gasteiger partial charge in [0.1, 0.15) is 0 Å². The van der Waals surface area contributed by atoms with Gasteiger partial charge in [0.2, 0.25) is 0 Å². The molecule has 0 saturated heterocycles. The lowest BCUT2D eigenvalue weighted by Gasteiger charge is -2.20. The summed E-state index contributed by atoms with van der Waals surface area (Å²) in [6.45, 7) is 3.11. The number of likely N-dealkylation sites (N-methyl/N-ethyl adjacent to an activating group) is 1. The van der Waals surface area contributed by atoms with Gasteiger partial charge in [-0.2, -0.15) is 0 Å². The molecule has 5 heteroatoms. The topological polar surface area (TPSA) is 12.0 Å². The molecule has 0 spiro atoms. The molecule has 0 aliphatic carbocycles. The zero-order chi connectivity index (χ0) is 13.8. The first-order valence-electron chi connectivity index (χ1n) is 6.02. The van der Waals surface area contributed by atoms with E-state index >= 15 is 0 Å². The quantitative estimate of drug-likeness (QED) is 0.499. The summed E-state index contributed by atoms with van der Waals surface area (Å²) in [5.41, 5.74) is 1.33. The molecule has 1 atom stereocenters. The zero-order valence-corrected chi connectivity index (χ0v) is 16.6. The van der Waals surface area contributed by atoms with Gasteiger partial charge < -0.3 is 5.32 Å². The maximum Gasteiger partial charge on any atom is 0.0380 e. The third kappa shape index (κ3) is 4.27. The van der Waals surface area contributed by atoms with Gasteiger partial charge in [-0.05, 0) is 80.3 Å². The van der Waals surface area contributed by atoms with E-state index in [1.165, 1.54) is 23.0 Å². The Labute approximate surface area is 148 Å². The van der Waals surface area contributed by atoms with Crippen molar-refractivity contribution >= 4 is 65.8 Å². The molecule has 0 amide bonds. The molecule has 1 N–H and O–H groups in total. The van der Waals surface area contributed by atoms with Gasteiger partial charge in [-0.3, -0.25) is 0 Å². The van der Waals surface area contributed by atoms with Crippen molar-refractivity contribution in [3.63, 3.8) is 0 Å². The Morgan fingerprint density at radius 1 is 1.26 bits per heavy atom. The molecule has 19 heavy (non-hydrogen) atoms. The fourth-order valence-corrected chi connectivity index (χ4v) is 4.58. The summed E-state index contributed by atoms with van der Waals surface area (Å²) in [6, 6.07) is 8.96. The molecule has 1 nitrogen and oxygen atoms in total. The summed E-state index contributed by atoms with van der Waals surface area (Å²) < 4.78 is 3.65. The van der Waals surface area contributed by atoms with Gasteiger partial charge in [-0.25, -0.2) is 0 Å². The number of hydrogen-bond acceptors (Lipinski definition) is 2. The molecule has 102 valence electrons. The molecule has 1 heterocycles. The molecule has 1 aromatic heterocycles. The number of hydrogen-bond donors (Lipinski definition) is 1. The Balaban J connectivity index is 2.29. The average molecular weight is 515 g/mol. The van der Waals surface area contributed by atoms with Crippen LogP contribution in [0.2, 0.25) is 0 Å². The average Bonchev–Trinajstić information content (AvgIpc) is 2.78. The van der Waals surface area contributed by atoms with Crippen molar-refractivity contribution < 1.29 is 0 Å². The highest BCUT2D eigenvalue weighted by molar-refractivity contribution is 14.1. The van der Waals surface area contributed by atoms with Crippen LogP contribution in [-0.4, -0.2) is 6.54 Å². The van der Waals surface area contributed by atoms with E-state index < -0.39 is 0 Å². The van der Waals surface area contributed by atoms with Crippen LogP contribution in [0, 0.1) is 3.57 Å². The second-order valence-electron chi connectivity index (χ2n) is 4.17. The zero-order valence-electron chi connectivity index (χ0n) is 10.4. The van der Waals surface area contributed by atoms with Gasteiger partial charge >= 0.3 is 0 Å². The van der Waals surface area contributed by atoms with Crippen molar-refractivity contribution in [2.24, 2.45) is 0 Å². The van der Waals surface area contributed by atoms with Crippen LogP contribution in [0.15, 0.2) is 38.6 Å². The molecule has 1 unspecified atom stereocenters. The number of benzene rings is 1. The maximum atomic E-state index is 3.67. The second kappa shape index (κ2) is 7.54. The molecule has 1 aromatic carbocycles. The highest BCUT2D eigenvalue weighted by atomic mass is 127. The number of nitrogens with one attached hydrogen (secondary N) is 1. The van der Waals surface area contributed by atoms with E-state index in [-0.39, 0.29) is 0 Å². The summed E-state index contributed by atoms with van der Waals surface area (Å²) in [5, 5.41) is 5.72. The van der Waals surface area contributed by atoms with E-state index in [0.717, 1.165) is 13.0 Å². The predicted octanol–water partition coefficient (Wildman–Crippen LogP) is 5.77. The molecule has 0 aliphatic rings. The first-order valence-corrected chi connectivity index (χ1v) is 9.56. The lowest BCUT2D eigenvalue weighted by atomic mass is 10.0. The number of halogens is 3. The highest BCUT2D eigenvalue weighted by Crippen LogP contribution is 2.32. The molecule has 2 aromatic rings. The summed E-state index contributed by atoms with van der Waals surface area (Å²) in [7, 11) is 0. The van der Waals surface area contributed by atoms with E-state index in [0.29, 0.717) is 6.04 Å². The van der Waals surface area contributed by atoms with Gasteiger partial charge in [0.15, 0.2) is 0 Å². The van der Waals surface area contributed by atoms with Crippen molar-refractivity contribution in [2.45, 2.75) is 19.4 Å². The van der Waals surface area contributed by atoms with Crippen molar-refractivity contribution in [1.29, 1.82) is 0 Å². The molecule has 2 rings (SSSR count). The summed E-state index contributed by atoms with van der Waals surface area (Å²) >= 11 is 11.5. The first kappa shape index (κ1) is 15.9. The summed E-state index contributed by atoms with van der Waals surface area (Å²) in [5.74, 6) is 0. The number of thiophene rings is 1. The predicted molar refractivity (Wildman–Crippen MR) is 99.0 cm³/mol. The van der Waals surface area contributed by atoms with Crippen molar-refractivity contribution in [3.8, 4) is 0 Å². The fourth-order valence-electron chi connectivity index (χ4n) is 1.98. The van der Waals surface area contributed by atoms with Crippen LogP contribution in [0.1, 0.15) is 23.4 Å². The summed E-state index contributed by atoms with van der Waals surface area (Å²) in [6.07, 6.45) is 1.00. The van der Waals surface area contributed by atoms with Crippen LogP contribution in [0.4, 0.5) is 0 Å². The van der Waals surface area contributed by atoms with Crippen molar-refractivity contribution in [2.75, 3.05) is 6.54 Å². The standard InChI is InChI=1S/C14H14Br2INS/c1-2-18-13(8-14-12(16)5-6-19-14)10-7-9(17)3-4-11(10)15/h3-7,13,18H,2,8H2,1H3. The summed E-state index contributed by atoms with van der Waals surface area (Å²) in [4.78, 5) is 1.39. The molecule has 0 fully saturated rings. The van der Waals surface area contributed by atoms with Gasteiger partial charge in [0, 0.05) is 29.9 Å². The van der Waals surface area contributed by atoms with E-state index in [9.17, 15) is 0 Å². The number of rotatable bonds is 5. The van der Waals surface area contributed by atoms with E-state index in [1.54, 1.807) is 11.3 Å². The lowest BCUT2D eigenvalue weighted by Crippen LogP contribution is -2.23. The van der Waals surface area contributed by atoms with E-state index in [1.807, 2.05) is 0 Å². The van der Waals surface area contributed by atoms with Crippen LogP contribution >= 0.6 is 65.8 Å². The molecule has 0 saturated carbocycles. The Morgan fingerprint density at radius 2 is 2.05 bits per heavy atom. The highest BCUT2D eigenvalue weighted by Gasteiger charge is 2.16. The SMILES string of the molecule is CCNC(Cc1sccc1Br)c1cc(I)ccc1Br. The molecule has 0 radical (unpaired) electrons. The minimum absolute atomic E-state index is 0.337. The van der Waals surface area contributed by atoms with Crippen molar-refractivity contribution in [3.05, 3.63) is 52.6 Å². The fraction of sp³-hybridized carbons (Fsp3) is 0.286. The van der Waals surface area contributed by atoms with Gasteiger partial charge in [-0.15, -0.1) is 11.3 Å². The largest absolute Gasteiger partial charge is 0.310 e. The lowest BCUT2D eigenvalue weighted by molar-refractivity contribution is 0.550. The third-order valence-corrected chi connectivity index (χ3v) is 6.21. The Hall–Kier alpha value is 0.570. The van der Waals surface area contributed by atoms with Crippen LogP contribution in [0.3, 0.4) is 0 Å². The maximum absolute atomic E-state index is 3.67. The van der Waals surface area contributed by atoms with Crippen LogP contribution in [0.5, 0.6) is 0 Å². The van der Waals surface area contributed by atoms with Crippen LogP contribution in [0.25, 0.3) is 0 Å². The minimum Gasteiger partial charge on any atom is -0.310 e. The molecular formula is C14H14Br2INS. The smallest absolute Gasteiger partial charge is 0.0380 e. The van der Waals surface area contributed by atoms with Crippen molar-refractivity contribution in [1.82, 2.24) is 5.32 Å². The van der Waals surface area contributed by atoms with Gasteiger partial charge in [0.05, 0.1) is 0 Å². The van der Waals surface area contributed by atoms with Crippen LogP contribution in [-0.2, 0) is 6.42 Å². The van der Waals surface area contributed by atoms with E-state index in [2.05, 4.69) is 96.3 Å². The molecule has 0 bridgehead atoms. The van der Waals surface area contributed by atoms with Gasteiger partial charge in [0.25, 0.3) is 0 Å². The monoisotopic (exact) mass is 513 g/mol.